The van der Waals surface area contributed by atoms with Crippen molar-refractivity contribution in [2.45, 2.75) is 78.3 Å². The molecule has 8 nitrogen and oxygen atoms in total. The Kier molecular flexibility index (Phi) is 7.41. The average Bonchev–Trinajstić information content (AvgIpc) is 3.24. The van der Waals surface area contributed by atoms with Crippen molar-refractivity contribution in [2.24, 2.45) is 28.6 Å². The lowest BCUT2D eigenvalue weighted by molar-refractivity contribution is -0.144. The molecule has 4 aliphatic carbocycles. The standard InChI is InChI=1S/C29H40N2O6/c1-16(26(34)36-5)30-24(32)18-11-13-28(3)19(15-18)7-8-20-21-9-10-23(29(21,4)14-12-22(20)28)25(33)31-17(2)27(35)37-6/h7,10,15-17,20-22H,8-9,11-14H2,1-6H3,(H,30,32)(H,31,33)/t16?,17?,20-,21-,22-,28-,29-/m0/s1. The molecule has 7 atom stereocenters. The summed E-state index contributed by atoms with van der Waals surface area (Å²) < 4.78 is 9.49. The average molecular weight is 513 g/mol. The first-order valence-electron chi connectivity index (χ1n) is 13.4. The molecule has 0 bridgehead atoms. The summed E-state index contributed by atoms with van der Waals surface area (Å²) >= 11 is 0. The summed E-state index contributed by atoms with van der Waals surface area (Å²) in [4.78, 5) is 49.5. The van der Waals surface area contributed by atoms with E-state index in [-0.39, 0.29) is 22.6 Å². The molecule has 0 heterocycles. The van der Waals surface area contributed by atoms with Gasteiger partial charge in [-0.3, -0.25) is 9.59 Å². The smallest absolute Gasteiger partial charge is 0.328 e. The monoisotopic (exact) mass is 512 g/mol. The molecule has 0 aromatic heterocycles. The van der Waals surface area contributed by atoms with Crippen molar-refractivity contribution in [1.82, 2.24) is 10.6 Å². The summed E-state index contributed by atoms with van der Waals surface area (Å²) in [6.07, 6.45) is 11.7. The Balaban J connectivity index is 1.50. The molecule has 0 radical (unpaired) electrons. The molecule has 8 heteroatoms. The van der Waals surface area contributed by atoms with Gasteiger partial charge in [0.15, 0.2) is 0 Å². The van der Waals surface area contributed by atoms with Gasteiger partial charge in [-0.1, -0.05) is 32.1 Å². The molecular formula is C29H40N2O6. The van der Waals surface area contributed by atoms with Crippen molar-refractivity contribution in [3.8, 4) is 0 Å². The van der Waals surface area contributed by atoms with Gasteiger partial charge in [-0.25, -0.2) is 9.59 Å². The summed E-state index contributed by atoms with van der Waals surface area (Å²) in [6.45, 7) is 7.81. The van der Waals surface area contributed by atoms with Crippen molar-refractivity contribution in [1.29, 1.82) is 0 Å². The van der Waals surface area contributed by atoms with E-state index in [1.165, 1.54) is 19.8 Å². The predicted molar refractivity (Wildman–Crippen MR) is 138 cm³/mol. The maximum absolute atomic E-state index is 13.2. The molecule has 2 amide bonds. The molecule has 0 spiro atoms. The minimum atomic E-state index is -0.690. The molecule has 4 rings (SSSR count). The second-order valence-corrected chi connectivity index (χ2v) is 11.6. The molecule has 1 fully saturated rings. The number of fused-ring (bicyclic) bond motifs is 5. The highest BCUT2D eigenvalue weighted by Gasteiger charge is 2.57. The van der Waals surface area contributed by atoms with Crippen molar-refractivity contribution in [3.63, 3.8) is 0 Å². The molecule has 2 N–H and O–H groups in total. The number of hydrogen-bond donors (Lipinski definition) is 2. The first-order chi connectivity index (χ1) is 17.5. The summed E-state index contributed by atoms with van der Waals surface area (Å²) in [5, 5.41) is 5.58. The van der Waals surface area contributed by atoms with E-state index in [4.69, 9.17) is 9.47 Å². The third-order valence-electron chi connectivity index (χ3n) is 9.69. The topological polar surface area (TPSA) is 111 Å². The SMILES string of the molecule is COC(=O)C(C)NC(=O)C1=CC2=CC[C@@H]3[C@H](CC[C@]4(C)C(C(=O)NC(C)C(=O)OC)=CC[C@@H]34)[C@@]2(C)CC1. The lowest BCUT2D eigenvalue weighted by atomic mass is 9.48. The van der Waals surface area contributed by atoms with E-state index in [1.807, 2.05) is 6.08 Å². The van der Waals surface area contributed by atoms with Crippen LogP contribution < -0.4 is 10.6 Å². The van der Waals surface area contributed by atoms with E-state index in [0.717, 1.165) is 37.7 Å². The van der Waals surface area contributed by atoms with Crippen molar-refractivity contribution in [2.75, 3.05) is 14.2 Å². The molecule has 2 unspecified atom stereocenters. The third kappa shape index (κ3) is 4.64. The highest BCUT2D eigenvalue weighted by Crippen LogP contribution is 2.64. The maximum atomic E-state index is 13.2. The number of carbonyl (C=O) groups is 4. The van der Waals surface area contributed by atoms with Crippen LogP contribution in [0.4, 0.5) is 0 Å². The molecule has 0 aromatic carbocycles. The van der Waals surface area contributed by atoms with Crippen LogP contribution >= 0.6 is 0 Å². The fourth-order valence-electron chi connectivity index (χ4n) is 7.46. The van der Waals surface area contributed by atoms with E-state index in [0.29, 0.717) is 29.7 Å². The van der Waals surface area contributed by atoms with Crippen molar-refractivity contribution in [3.05, 3.63) is 34.9 Å². The van der Waals surface area contributed by atoms with E-state index in [9.17, 15) is 19.2 Å². The van der Waals surface area contributed by atoms with Gasteiger partial charge >= 0.3 is 11.9 Å². The fraction of sp³-hybridized carbons (Fsp3) is 0.655. The van der Waals surface area contributed by atoms with Crippen LogP contribution in [-0.4, -0.2) is 50.1 Å². The van der Waals surface area contributed by atoms with Crippen LogP contribution in [0.15, 0.2) is 34.9 Å². The second kappa shape index (κ2) is 10.1. The van der Waals surface area contributed by atoms with Crippen molar-refractivity contribution >= 4 is 23.8 Å². The fourth-order valence-corrected chi connectivity index (χ4v) is 7.46. The van der Waals surface area contributed by atoms with Gasteiger partial charge in [-0.2, -0.15) is 0 Å². The Morgan fingerprint density at radius 2 is 1.49 bits per heavy atom. The largest absolute Gasteiger partial charge is 0.467 e. The molecule has 202 valence electrons. The highest BCUT2D eigenvalue weighted by molar-refractivity contribution is 5.98. The van der Waals surface area contributed by atoms with Gasteiger partial charge in [0.25, 0.3) is 0 Å². The zero-order valence-electron chi connectivity index (χ0n) is 22.8. The van der Waals surface area contributed by atoms with Gasteiger partial charge in [0.2, 0.25) is 11.8 Å². The Morgan fingerprint density at radius 1 is 0.865 bits per heavy atom. The predicted octanol–water partition coefficient (Wildman–Crippen LogP) is 3.38. The molecule has 37 heavy (non-hydrogen) atoms. The molecule has 0 aromatic rings. The summed E-state index contributed by atoms with van der Waals surface area (Å²) in [5.74, 6) is 0.00378. The van der Waals surface area contributed by atoms with Gasteiger partial charge in [-0.05, 0) is 81.1 Å². The number of esters is 2. The number of hydrogen-bond acceptors (Lipinski definition) is 6. The molecular weight excluding hydrogens is 472 g/mol. The van der Waals surface area contributed by atoms with Crippen LogP contribution in [0.5, 0.6) is 0 Å². The summed E-state index contributed by atoms with van der Waals surface area (Å²) in [5.41, 5.74) is 2.48. The zero-order chi connectivity index (χ0) is 27.1. The highest BCUT2D eigenvalue weighted by atomic mass is 16.5. The minimum absolute atomic E-state index is 0.0214. The summed E-state index contributed by atoms with van der Waals surface area (Å²) in [6, 6.07) is -1.38. The van der Waals surface area contributed by atoms with Crippen LogP contribution in [-0.2, 0) is 28.7 Å². The van der Waals surface area contributed by atoms with E-state index >= 15 is 0 Å². The van der Waals surface area contributed by atoms with Gasteiger partial charge in [0.05, 0.1) is 14.2 Å². The van der Waals surface area contributed by atoms with Gasteiger partial charge in [0.1, 0.15) is 12.1 Å². The lowest BCUT2D eigenvalue weighted by Crippen LogP contribution is -2.50. The Morgan fingerprint density at radius 3 is 2.11 bits per heavy atom. The number of methoxy groups -OCH3 is 2. The zero-order valence-corrected chi connectivity index (χ0v) is 22.8. The van der Waals surface area contributed by atoms with Crippen LogP contribution in [0.2, 0.25) is 0 Å². The minimum Gasteiger partial charge on any atom is -0.467 e. The van der Waals surface area contributed by atoms with Gasteiger partial charge in [-0.15, -0.1) is 0 Å². The van der Waals surface area contributed by atoms with Crippen LogP contribution in [0.3, 0.4) is 0 Å². The molecule has 0 saturated heterocycles. The van der Waals surface area contributed by atoms with Gasteiger partial charge < -0.3 is 20.1 Å². The first-order valence-corrected chi connectivity index (χ1v) is 13.4. The van der Waals surface area contributed by atoms with Crippen LogP contribution in [0.25, 0.3) is 0 Å². The molecule has 0 aliphatic heterocycles. The Hall–Kier alpha value is -2.90. The van der Waals surface area contributed by atoms with Crippen molar-refractivity contribution < 1.29 is 28.7 Å². The van der Waals surface area contributed by atoms with E-state index in [1.54, 1.807) is 13.8 Å². The van der Waals surface area contributed by atoms with E-state index in [2.05, 4.69) is 36.6 Å². The number of carbonyl (C=O) groups excluding carboxylic acids is 4. The number of rotatable bonds is 6. The number of allylic oxidation sites excluding steroid dienone is 4. The quantitative estimate of drug-likeness (QED) is 0.528. The van der Waals surface area contributed by atoms with Gasteiger partial charge in [0, 0.05) is 16.6 Å². The van der Waals surface area contributed by atoms with E-state index < -0.39 is 24.0 Å². The third-order valence-corrected chi connectivity index (χ3v) is 9.69. The number of nitrogens with one attached hydrogen (secondary N) is 2. The summed E-state index contributed by atoms with van der Waals surface area (Å²) in [7, 11) is 2.63. The Bertz CT molecular complexity index is 1090. The molecule has 1 saturated carbocycles. The van der Waals surface area contributed by atoms with Crippen LogP contribution in [0, 0.1) is 28.6 Å². The second-order valence-electron chi connectivity index (χ2n) is 11.6. The molecule has 4 aliphatic rings. The van der Waals surface area contributed by atoms with Crippen LogP contribution in [0.1, 0.15) is 66.2 Å². The maximum Gasteiger partial charge on any atom is 0.328 e. The first kappa shape index (κ1) is 27.1. The Labute approximate surface area is 219 Å². The number of amides is 2. The normalized spacial score (nSPS) is 33.7. The lowest BCUT2D eigenvalue weighted by Gasteiger charge is -2.56. The number of ether oxygens (including phenoxy) is 2.